The number of fused-ring (bicyclic) bond motifs is 1. The molecule has 0 aromatic carbocycles. The third kappa shape index (κ3) is 4.01. The Morgan fingerprint density at radius 1 is 1.13 bits per heavy atom. The zero-order chi connectivity index (χ0) is 16.6. The molecule has 2 saturated carbocycles. The molecule has 0 aromatic heterocycles. The summed E-state index contributed by atoms with van der Waals surface area (Å²) in [6, 6.07) is 0.766. The maximum atomic E-state index is 13.6. The Hall–Kier alpha value is 0.0700. The van der Waals surface area contributed by atoms with E-state index in [-0.39, 0.29) is 18.1 Å². The van der Waals surface area contributed by atoms with Gasteiger partial charge in [0.15, 0.2) is 0 Å². The van der Waals surface area contributed by atoms with E-state index < -0.39 is 12.6 Å². The van der Waals surface area contributed by atoms with Gasteiger partial charge in [0.25, 0.3) is 6.43 Å². The van der Waals surface area contributed by atoms with Gasteiger partial charge in [-0.05, 0) is 70.1 Å². The van der Waals surface area contributed by atoms with Gasteiger partial charge in [-0.15, -0.1) is 11.6 Å². The summed E-state index contributed by atoms with van der Waals surface area (Å²) in [5, 5.41) is 3.57. The molecule has 0 radical (unpaired) electrons. The van der Waals surface area contributed by atoms with Gasteiger partial charge in [0.2, 0.25) is 0 Å². The van der Waals surface area contributed by atoms with Crippen molar-refractivity contribution < 1.29 is 8.78 Å². The van der Waals surface area contributed by atoms with Crippen molar-refractivity contribution in [1.29, 1.82) is 0 Å². The van der Waals surface area contributed by atoms with Gasteiger partial charge in [-0.2, -0.15) is 0 Å². The molecule has 1 aliphatic heterocycles. The average molecular weight is 349 g/mol. The molecule has 3 aliphatic rings. The number of halogens is 3. The lowest BCUT2D eigenvalue weighted by molar-refractivity contribution is -0.00550. The first kappa shape index (κ1) is 17.9. The van der Waals surface area contributed by atoms with E-state index in [4.69, 9.17) is 11.6 Å². The Labute approximate surface area is 144 Å². The molecule has 2 nitrogen and oxygen atoms in total. The van der Waals surface area contributed by atoms with Crippen LogP contribution in [-0.2, 0) is 0 Å². The van der Waals surface area contributed by atoms with Crippen LogP contribution in [0.15, 0.2) is 0 Å². The fourth-order valence-electron chi connectivity index (χ4n) is 5.15. The maximum Gasteiger partial charge on any atom is 0.266 e. The van der Waals surface area contributed by atoms with E-state index in [1.54, 1.807) is 0 Å². The molecule has 0 amide bonds. The van der Waals surface area contributed by atoms with E-state index in [1.807, 2.05) is 0 Å². The number of hydrogen-bond acceptors (Lipinski definition) is 2. The first-order valence-corrected chi connectivity index (χ1v) is 9.85. The SMILES string of the molecule is CC1CCC2NC(C(F)F)N(C(C)CC3CCC(Cl)CC3)C2C1. The lowest BCUT2D eigenvalue weighted by atomic mass is 9.81. The van der Waals surface area contributed by atoms with Crippen LogP contribution in [-0.4, -0.2) is 41.0 Å². The first-order valence-electron chi connectivity index (χ1n) is 9.41. The summed E-state index contributed by atoms with van der Waals surface area (Å²) in [4.78, 5) is 2.14. The molecule has 1 N–H and O–H groups in total. The highest BCUT2D eigenvalue weighted by atomic mass is 35.5. The van der Waals surface area contributed by atoms with Crippen LogP contribution >= 0.6 is 11.6 Å². The Balaban J connectivity index is 1.66. The summed E-state index contributed by atoms with van der Waals surface area (Å²) in [7, 11) is 0. The summed E-state index contributed by atoms with van der Waals surface area (Å²) in [6.07, 6.45) is 5.70. The van der Waals surface area contributed by atoms with E-state index in [9.17, 15) is 8.78 Å². The van der Waals surface area contributed by atoms with Gasteiger partial charge in [-0.1, -0.05) is 6.92 Å². The van der Waals surface area contributed by atoms with Crippen LogP contribution in [0.1, 0.15) is 65.2 Å². The summed E-state index contributed by atoms with van der Waals surface area (Å²) >= 11 is 6.20. The van der Waals surface area contributed by atoms with Crippen LogP contribution < -0.4 is 5.32 Å². The summed E-state index contributed by atoms with van der Waals surface area (Å²) < 4.78 is 27.2. The maximum absolute atomic E-state index is 13.6. The highest BCUT2D eigenvalue weighted by Crippen LogP contribution is 2.38. The molecule has 0 bridgehead atoms. The molecule has 0 aromatic rings. The molecular weight excluding hydrogens is 318 g/mol. The monoisotopic (exact) mass is 348 g/mol. The lowest BCUT2D eigenvalue weighted by Gasteiger charge is -2.40. The molecule has 5 heteroatoms. The molecule has 23 heavy (non-hydrogen) atoms. The summed E-state index contributed by atoms with van der Waals surface area (Å²) in [5.41, 5.74) is 0. The van der Waals surface area contributed by atoms with E-state index >= 15 is 0 Å². The molecular formula is C18H31ClF2N2. The second-order valence-electron chi connectivity index (χ2n) is 8.19. The van der Waals surface area contributed by atoms with Gasteiger partial charge in [-0.3, -0.25) is 10.2 Å². The normalized spacial score (nSPS) is 43.6. The predicted octanol–water partition coefficient (Wildman–Crippen LogP) is 4.62. The van der Waals surface area contributed by atoms with E-state index in [2.05, 4.69) is 24.1 Å². The molecule has 1 saturated heterocycles. The van der Waals surface area contributed by atoms with Crippen molar-refractivity contribution >= 4 is 11.6 Å². The molecule has 5 unspecified atom stereocenters. The quantitative estimate of drug-likeness (QED) is 0.746. The van der Waals surface area contributed by atoms with Crippen LogP contribution in [0, 0.1) is 11.8 Å². The van der Waals surface area contributed by atoms with Gasteiger partial charge in [-0.25, -0.2) is 8.78 Å². The second-order valence-corrected chi connectivity index (χ2v) is 8.81. The zero-order valence-electron chi connectivity index (χ0n) is 14.4. The van der Waals surface area contributed by atoms with Crippen LogP contribution in [0.4, 0.5) is 8.78 Å². The number of nitrogens with one attached hydrogen (secondary N) is 1. The Kier molecular flexibility index (Phi) is 5.85. The zero-order valence-corrected chi connectivity index (χ0v) is 15.1. The summed E-state index contributed by atoms with van der Waals surface area (Å²) in [5.74, 6) is 1.30. The van der Waals surface area contributed by atoms with Crippen LogP contribution in [0.5, 0.6) is 0 Å². The molecule has 3 rings (SSSR count). The number of alkyl halides is 3. The predicted molar refractivity (Wildman–Crippen MR) is 91.0 cm³/mol. The minimum Gasteiger partial charge on any atom is -0.293 e. The van der Waals surface area contributed by atoms with Crippen molar-refractivity contribution in [3.63, 3.8) is 0 Å². The molecule has 3 fully saturated rings. The van der Waals surface area contributed by atoms with E-state index in [0.29, 0.717) is 17.2 Å². The first-order chi connectivity index (χ1) is 11.0. The Morgan fingerprint density at radius 3 is 2.48 bits per heavy atom. The second kappa shape index (κ2) is 7.53. The Morgan fingerprint density at radius 2 is 1.83 bits per heavy atom. The molecule has 5 atom stereocenters. The number of nitrogens with zero attached hydrogens (tertiary/aromatic N) is 1. The lowest BCUT2D eigenvalue weighted by Crippen LogP contribution is -2.50. The van der Waals surface area contributed by atoms with Gasteiger partial charge >= 0.3 is 0 Å². The van der Waals surface area contributed by atoms with E-state index in [0.717, 1.165) is 51.4 Å². The standard InChI is InChI=1S/C18H31ClF2N2/c1-11-3-8-15-16(9-11)23(18(22-15)17(20)21)12(2)10-13-4-6-14(19)7-5-13/h11-18,22H,3-10H2,1-2H3. The van der Waals surface area contributed by atoms with Crippen LogP contribution in [0.3, 0.4) is 0 Å². The smallest absolute Gasteiger partial charge is 0.266 e. The fourth-order valence-corrected chi connectivity index (χ4v) is 5.40. The molecule has 134 valence electrons. The topological polar surface area (TPSA) is 15.3 Å². The van der Waals surface area contributed by atoms with Crippen LogP contribution in [0.2, 0.25) is 0 Å². The number of rotatable bonds is 4. The van der Waals surface area contributed by atoms with Crippen molar-refractivity contribution in [3.05, 3.63) is 0 Å². The van der Waals surface area contributed by atoms with Gasteiger partial charge in [0.1, 0.15) is 6.17 Å². The van der Waals surface area contributed by atoms with Crippen molar-refractivity contribution in [1.82, 2.24) is 10.2 Å². The fraction of sp³-hybridized carbons (Fsp3) is 1.00. The van der Waals surface area contributed by atoms with Crippen molar-refractivity contribution in [3.8, 4) is 0 Å². The highest BCUT2D eigenvalue weighted by Gasteiger charge is 2.48. The highest BCUT2D eigenvalue weighted by molar-refractivity contribution is 6.20. The van der Waals surface area contributed by atoms with Crippen molar-refractivity contribution in [2.24, 2.45) is 11.8 Å². The van der Waals surface area contributed by atoms with Crippen molar-refractivity contribution in [2.75, 3.05) is 0 Å². The summed E-state index contributed by atoms with van der Waals surface area (Å²) in [6.45, 7) is 4.42. The van der Waals surface area contributed by atoms with Crippen LogP contribution in [0.25, 0.3) is 0 Å². The largest absolute Gasteiger partial charge is 0.293 e. The van der Waals surface area contributed by atoms with Gasteiger partial charge < -0.3 is 0 Å². The minimum absolute atomic E-state index is 0.221. The van der Waals surface area contributed by atoms with Gasteiger partial charge in [0.05, 0.1) is 0 Å². The molecule has 1 heterocycles. The minimum atomic E-state index is -2.31. The van der Waals surface area contributed by atoms with E-state index in [1.165, 1.54) is 0 Å². The Bertz CT molecular complexity index is 387. The van der Waals surface area contributed by atoms with Crippen molar-refractivity contribution in [2.45, 2.75) is 101 Å². The molecule has 2 aliphatic carbocycles. The number of hydrogen-bond donors (Lipinski definition) is 1. The average Bonchev–Trinajstić information content (AvgIpc) is 2.88. The third-order valence-electron chi connectivity index (χ3n) is 6.37. The van der Waals surface area contributed by atoms with Gasteiger partial charge in [0, 0.05) is 23.5 Å². The molecule has 0 spiro atoms. The third-order valence-corrected chi connectivity index (χ3v) is 6.80.